The number of nitrogens with one attached hydrogen (secondary N) is 2. The van der Waals surface area contributed by atoms with Gasteiger partial charge in [0.1, 0.15) is 5.82 Å². The molecule has 1 atom stereocenters. The summed E-state index contributed by atoms with van der Waals surface area (Å²) in [5.74, 6) is 0.984. The van der Waals surface area contributed by atoms with Gasteiger partial charge in [-0.1, -0.05) is 31.7 Å². The predicted octanol–water partition coefficient (Wildman–Crippen LogP) is 4.62. The number of Topliss-reactive ketones (excluding diaryl/α,β-unsaturated/α-hetero) is 1. The molecule has 0 aromatic carbocycles. The maximum absolute atomic E-state index is 13.1. The highest BCUT2D eigenvalue weighted by atomic mass is 32.2. The van der Waals surface area contributed by atoms with E-state index in [-0.39, 0.29) is 22.7 Å². The van der Waals surface area contributed by atoms with Gasteiger partial charge in [0.15, 0.2) is 10.9 Å². The second-order valence-corrected chi connectivity index (χ2v) is 10.4. The van der Waals surface area contributed by atoms with Crippen LogP contribution in [0.25, 0.3) is 0 Å². The van der Waals surface area contributed by atoms with E-state index in [1.165, 1.54) is 11.8 Å². The molecule has 0 fully saturated rings. The van der Waals surface area contributed by atoms with Crippen LogP contribution in [0.1, 0.15) is 47.9 Å². The lowest BCUT2D eigenvalue weighted by Gasteiger charge is -2.38. The van der Waals surface area contributed by atoms with Gasteiger partial charge in [-0.15, -0.1) is 17.9 Å². The number of anilines is 1. The number of nitrogens with zero attached hydrogens (tertiary/aromatic N) is 1. The number of thiophene rings is 1. The summed E-state index contributed by atoms with van der Waals surface area (Å²) in [5, 5.41) is 3.90. The van der Waals surface area contributed by atoms with E-state index in [1.807, 2.05) is 19.1 Å². The molecule has 1 aliphatic heterocycles. The Morgan fingerprint density at radius 3 is 2.82 bits per heavy atom. The van der Waals surface area contributed by atoms with Crippen LogP contribution in [-0.2, 0) is 4.79 Å². The van der Waals surface area contributed by atoms with Crippen molar-refractivity contribution >= 4 is 34.7 Å². The summed E-state index contributed by atoms with van der Waals surface area (Å²) in [6.45, 7) is 9.96. The van der Waals surface area contributed by atoms with E-state index >= 15 is 0 Å². The molecule has 28 heavy (non-hydrogen) atoms. The van der Waals surface area contributed by atoms with Gasteiger partial charge in [-0.05, 0) is 30.9 Å². The number of aromatic nitrogens is 2. The van der Waals surface area contributed by atoms with Crippen LogP contribution in [-0.4, -0.2) is 21.5 Å². The van der Waals surface area contributed by atoms with Crippen LogP contribution in [0.2, 0.25) is 0 Å². The van der Waals surface area contributed by atoms with Crippen molar-refractivity contribution in [3.05, 3.63) is 61.7 Å². The number of hydrogen-bond acceptors (Lipinski definition) is 6. The molecule has 5 nitrogen and oxygen atoms in total. The number of allylic oxidation sites excluding steroid dienone is 2. The molecule has 0 bridgehead atoms. The minimum absolute atomic E-state index is 0.113. The number of carbonyl (C=O) groups excluding carboxylic acids is 1. The third-order valence-electron chi connectivity index (χ3n) is 5.08. The molecule has 0 radical (unpaired) electrons. The number of thioether (sulfide) groups is 1. The fraction of sp³-hybridized carbons (Fsp3) is 0.381. The summed E-state index contributed by atoms with van der Waals surface area (Å²) in [6, 6.07) is 4.06. The molecule has 0 saturated heterocycles. The monoisotopic (exact) mass is 413 g/mol. The molecular weight excluding hydrogens is 390 g/mol. The summed E-state index contributed by atoms with van der Waals surface area (Å²) >= 11 is 3.06. The number of H-pyrrole nitrogens is 1. The third kappa shape index (κ3) is 3.37. The Balaban J connectivity index is 1.91. The van der Waals surface area contributed by atoms with Gasteiger partial charge in [0.2, 0.25) is 0 Å². The van der Waals surface area contributed by atoms with Crippen molar-refractivity contribution in [2.75, 3.05) is 11.1 Å². The highest BCUT2D eigenvalue weighted by molar-refractivity contribution is 7.99. The molecule has 2 aromatic heterocycles. The van der Waals surface area contributed by atoms with E-state index in [4.69, 9.17) is 0 Å². The van der Waals surface area contributed by atoms with E-state index in [0.29, 0.717) is 28.7 Å². The highest BCUT2D eigenvalue weighted by Gasteiger charge is 2.42. The van der Waals surface area contributed by atoms with E-state index in [9.17, 15) is 9.59 Å². The van der Waals surface area contributed by atoms with Crippen molar-refractivity contribution in [1.29, 1.82) is 0 Å². The standard InChI is InChI=1S/C21H23N3O2S2/c1-5-8-27-20-23-18-17(19(26)24-20)16(14-7-6-11(2)28-14)15-12(22-18)9-21(3,4)10-13(15)25/h5-7,16H,1,8-10H2,2-4H3,(H2,22,23,24,26)/t16-/m0/s1. The van der Waals surface area contributed by atoms with Crippen molar-refractivity contribution in [2.45, 2.75) is 44.7 Å². The SMILES string of the molecule is C=CCSc1nc2c(c(=O)[nH]1)[C@@H](c1ccc(C)s1)C1=C(CC(C)(C)CC1=O)N2. The zero-order chi connectivity index (χ0) is 20.1. The molecule has 0 saturated carbocycles. The number of rotatable bonds is 4. The Bertz CT molecular complexity index is 1060. The summed E-state index contributed by atoms with van der Waals surface area (Å²) in [5.41, 5.74) is 1.87. The van der Waals surface area contributed by atoms with Crippen LogP contribution in [0.4, 0.5) is 5.82 Å². The normalized spacial score (nSPS) is 20.4. The predicted molar refractivity (Wildman–Crippen MR) is 115 cm³/mol. The van der Waals surface area contributed by atoms with Crippen molar-refractivity contribution in [3.8, 4) is 0 Å². The molecule has 0 spiro atoms. The van der Waals surface area contributed by atoms with Gasteiger partial charge in [-0.3, -0.25) is 9.59 Å². The Labute approximate surface area is 172 Å². The maximum Gasteiger partial charge on any atom is 0.257 e. The summed E-state index contributed by atoms with van der Waals surface area (Å²) in [6.07, 6.45) is 3.03. The molecule has 7 heteroatoms. The van der Waals surface area contributed by atoms with Gasteiger partial charge in [-0.2, -0.15) is 0 Å². The molecule has 2 aliphatic rings. The Morgan fingerprint density at radius 1 is 1.36 bits per heavy atom. The number of hydrogen-bond donors (Lipinski definition) is 2. The Morgan fingerprint density at radius 2 is 2.14 bits per heavy atom. The lowest BCUT2D eigenvalue weighted by molar-refractivity contribution is -0.118. The molecular formula is C21H23N3O2S2. The average molecular weight is 414 g/mol. The quantitative estimate of drug-likeness (QED) is 0.435. The van der Waals surface area contributed by atoms with E-state index in [2.05, 4.69) is 35.7 Å². The average Bonchev–Trinajstić information content (AvgIpc) is 3.03. The van der Waals surface area contributed by atoms with E-state index in [1.54, 1.807) is 17.4 Å². The van der Waals surface area contributed by atoms with Gasteiger partial charge in [-0.25, -0.2) is 4.98 Å². The lowest BCUT2D eigenvalue weighted by Crippen LogP contribution is -2.36. The molecule has 2 N–H and O–H groups in total. The minimum Gasteiger partial charge on any atom is -0.343 e. The number of aryl methyl sites for hydroxylation is 1. The summed E-state index contributed by atoms with van der Waals surface area (Å²) in [4.78, 5) is 35.9. The van der Waals surface area contributed by atoms with Gasteiger partial charge < -0.3 is 10.3 Å². The number of fused-ring (bicyclic) bond motifs is 1. The number of carbonyl (C=O) groups is 1. The van der Waals surface area contributed by atoms with Crippen LogP contribution in [0.5, 0.6) is 0 Å². The molecule has 1 aliphatic carbocycles. The molecule has 2 aromatic rings. The first kappa shape index (κ1) is 19.2. The zero-order valence-electron chi connectivity index (χ0n) is 16.2. The van der Waals surface area contributed by atoms with E-state index in [0.717, 1.165) is 27.4 Å². The molecule has 0 unspecified atom stereocenters. The second-order valence-electron chi connectivity index (χ2n) is 8.07. The van der Waals surface area contributed by atoms with Gasteiger partial charge in [0.25, 0.3) is 5.56 Å². The first-order valence-corrected chi connectivity index (χ1v) is 11.1. The first-order chi connectivity index (χ1) is 13.3. The van der Waals surface area contributed by atoms with Crippen molar-refractivity contribution in [1.82, 2.24) is 9.97 Å². The third-order valence-corrected chi connectivity index (χ3v) is 7.02. The molecule has 3 heterocycles. The minimum atomic E-state index is -0.358. The zero-order valence-corrected chi connectivity index (χ0v) is 17.9. The van der Waals surface area contributed by atoms with Crippen LogP contribution >= 0.6 is 23.1 Å². The van der Waals surface area contributed by atoms with Crippen molar-refractivity contribution in [2.24, 2.45) is 5.41 Å². The van der Waals surface area contributed by atoms with Crippen LogP contribution in [0.15, 0.2) is 46.0 Å². The van der Waals surface area contributed by atoms with E-state index < -0.39 is 0 Å². The fourth-order valence-electron chi connectivity index (χ4n) is 3.99. The van der Waals surface area contributed by atoms with Gasteiger partial charge in [0.05, 0.1) is 11.5 Å². The Kier molecular flexibility index (Phi) is 4.83. The summed E-state index contributed by atoms with van der Waals surface area (Å²) < 4.78 is 0. The molecule has 0 amide bonds. The van der Waals surface area contributed by atoms with Gasteiger partial charge in [0, 0.05) is 33.2 Å². The topological polar surface area (TPSA) is 74.8 Å². The highest BCUT2D eigenvalue weighted by Crippen LogP contribution is 2.48. The van der Waals surface area contributed by atoms with Crippen LogP contribution in [0, 0.1) is 12.3 Å². The smallest absolute Gasteiger partial charge is 0.257 e. The molecule has 146 valence electrons. The molecule has 4 rings (SSSR count). The first-order valence-electron chi connectivity index (χ1n) is 9.26. The number of ketones is 1. The van der Waals surface area contributed by atoms with Crippen molar-refractivity contribution < 1.29 is 4.79 Å². The lowest BCUT2D eigenvalue weighted by atomic mass is 9.70. The van der Waals surface area contributed by atoms with Crippen molar-refractivity contribution in [3.63, 3.8) is 0 Å². The van der Waals surface area contributed by atoms with Gasteiger partial charge >= 0.3 is 0 Å². The van der Waals surface area contributed by atoms with Crippen LogP contribution in [0.3, 0.4) is 0 Å². The van der Waals surface area contributed by atoms with Crippen LogP contribution < -0.4 is 10.9 Å². The maximum atomic E-state index is 13.1. The Hall–Kier alpha value is -2.12. The second kappa shape index (κ2) is 7.04. The summed E-state index contributed by atoms with van der Waals surface area (Å²) in [7, 11) is 0. The number of aromatic amines is 1. The largest absolute Gasteiger partial charge is 0.343 e. The fourth-order valence-corrected chi connectivity index (χ4v) is 5.59.